The fourth-order valence-corrected chi connectivity index (χ4v) is 4.79. The van der Waals surface area contributed by atoms with Crippen molar-refractivity contribution in [1.29, 1.82) is 0 Å². The number of amides is 2. The summed E-state index contributed by atoms with van der Waals surface area (Å²) in [5, 5.41) is 7.18. The van der Waals surface area contributed by atoms with E-state index < -0.39 is 23.7 Å². The number of alkyl halides is 3. The number of rotatable bonds is 7. The van der Waals surface area contributed by atoms with E-state index in [4.69, 9.17) is 26.5 Å². The first-order chi connectivity index (χ1) is 18.1. The highest BCUT2D eigenvalue weighted by Crippen LogP contribution is 2.43. The molecule has 3 N–H and O–H groups in total. The van der Waals surface area contributed by atoms with Gasteiger partial charge in [0.25, 0.3) is 11.8 Å². The lowest BCUT2D eigenvalue weighted by Crippen LogP contribution is -2.18. The van der Waals surface area contributed by atoms with Crippen LogP contribution in [0.1, 0.15) is 25.9 Å². The van der Waals surface area contributed by atoms with Crippen LogP contribution < -0.4 is 15.8 Å². The van der Waals surface area contributed by atoms with Crippen LogP contribution in [0, 0.1) is 0 Å². The minimum Gasteiger partial charge on any atom is -0.470 e. The zero-order valence-electron chi connectivity index (χ0n) is 19.0. The van der Waals surface area contributed by atoms with Gasteiger partial charge < -0.3 is 20.2 Å². The van der Waals surface area contributed by atoms with Crippen molar-refractivity contribution >= 4 is 50.7 Å². The highest BCUT2D eigenvalue weighted by atomic mass is 35.5. The molecule has 0 saturated carbocycles. The van der Waals surface area contributed by atoms with E-state index in [0.717, 1.165) is 6.07 Å². The van der Waals surface area contributed by atoms with Gasteiger partial charge in [-0.15, -0.1) is 11.3 Å². The number of furan rings is 1. The molecular weight excluding hydrogens is 547 g/mol. The van der Waals surface area contributed by atoms with Crippen molar-refractivity contribution in [3.63, 3.8) is 0 Å². The van der Waals surface area contributed by atoms with Crippen molar-refractivity contribution in [2.75, 3.05) is 5.32 Å². The Bertz CT molecular complexity index is 1660. The number of carbonyl (C=O) groups excluding carboxylic acids is 2. The summed E-state index contributed by atoms with van der Waals surface area (Å²) in [6, 6.07) is 11.9. The number of ether oxygens (including phenoxy) is 1. The molecule has 2 amide bonds. The molecule has 5 rings (SSSR count). The van der Waals surface area contributed by atoms with Gasteiger partial charge in [0.2, 0.25) is 0 Å². The number of halogens is 4. The molecule has 1 aromatic carbocycles. The third kappa shape index (κ3) is 4.93. The largest absolute Gasteiger partial charge is 0.470 e. The zero-order valence-corrected chi connectivity index (χ0v) is 20.5. The Kier molecular flexibility index (Phi) is 6.55. The number of nitrogens with one attached hydrogen (secondary N) is 1. The van der Waals surface area contributed by atoms with Gasteiger partial charge in [-0.25, -0.2) is 9.67 Å². The average Bonchev–Trinajstić information content (AvgIpc) is 3.63. The van der Waals surface area contributed by atoms with Crippen LogP contribution in [-0.4, -0.2) is 26.6 Å². The summed E-state index contributed by atoms with van der Waals surface area (Å²) in [7, 11) is 0. The third-order valence-electron chi connectivity index (χ3n) is 5.26. The Balaban J connectivity index is 1.50. The average molecular weight is 562 g/mol. The molecule has 5 aromatic rings. The van der Waals surface area contributed by atoms with Gasteiger partial charge in [0, 0.05) is 17.1 Å². The van der Waals surface area contributed by atoms with Gasteiger partial charge in [-0.05, 0) is 36.4 Å². The highest BCUT2D eigenvalue weighted by Gasteiger charge is 2.35. The zero-order chi connectivity index (χ0) is 27.0. The number of aromatic nitrogens is 3. The van der Waals surface area contributed by atoms with Crippen LogP contribution in [0.3, 0.4) is 0 Å². The summed E-state index contributed by atoms with van der Waals surface area (Å²) < 4.78 is 52.9. The Morgan fingerprint density at radius 1 is 1.18 bits per heavy atom. The monoisotopic (exact) mass is 561 g/mol. The number of thiophene rings is 1. The van der Waals surface area contributed by atoms with E-state index in [1.54, 1.807) is 24.3 Å². The van der Waals surface area contributed by atoms with Crippen molar-refractivity contribution in [3.8, 4) is 17.1 Å². The van der Waals surface area contributed by atoms with Crippen LogP contribution in [0.5, 0.6) is 5.75 Å². The lowest BCUT2D eigenvalue weighted by molar-refractivity contribution is -0.140. The highest BCUT2D eigenvalue weighted by molar-refractivity contribution is 7.21. The second kappa shape index (κ2) is 9.84. The number of para-hydroxylation sites is 1. The molecule has 9 nitrogen and oxygen atoms in total. The first-order valence-corrected chi connectivity index (χ1v) is 11.9. The Morgan fingerprint density at radius 3 is 2.66 bits per heavy atom. The summed E-state index contributed by atoms with van der Waals surface area (Å²) in [6.07, 6.45) is -2.00. The fraction of sp³-hybridized carbons (Fsp3) is 0.0833. The van der Waals surface area contributed by atoms with Crippen LogP contribution >= 0.6 is 22.9 Å². The van der Waals surface area contributed by atoms with Gasteiger partial charge in [-0.1, -0.05) is 23.7 Å². The predicted octanol–water partition coefficient (Wildman–Crippen LogP) is 5.81. The molecule has 4 heterocycles. The normalized spacial score (nSPS) is 11.6. The van der Waals surface area contributed by atoms with Crippen molar-refractivity contribution in [3.05, 3.63) is 82.3 Å². The maximum atomic E-state index is 13.6. The second-order valence-electron chi connectivity index (χ2n) is 7.78. The molecule has 0 unspecified atom stereocenters. The smallest absolute Gasteiger partial charge is 0.433 e. The molecule has 0 aliphatic heterocycles. The molecule has 0 aliphatic rings. The van der Waals surface area contributed by atoms with Gasteiger partial charge in [0.1, 0.15) is 26.9 Å². The maximum absolute atomic E-state index is 13.6. The molecular formula is C24H15ClF3N5O4S. The van der Waals surface area contributed by atoms with Crippen LogP contribution in [0.4, 0.5) is 18.9 Å². The second-order valence-corrected chi connectivity index (χ2v) is 9.19. The Morgan fingerprint density at radius 2 is 1.97 bits per heavy atom. The molecule has 194 valence electrons. The van der Waals surface area contributed by atoms with Crippen LogP contribution in [0.15, 0.2) is 65.4 Å². The molecule has 0 fully saturated rings. The van der Waals surface area contributed by atoms with Gasteiger partial charge in [-0.3, -0.25) is 9.59 Å². The van der Waals surface area contributed by atoms with Crippen LogP contribution in [0.2, 0.25) is 5.02 Å². The molecule has 14 heteroatoms. The van der Waals surface area contributed by atoms with Gasteiger partial charge in [0.05, 0.1) is 17.0 Å². The first kappa shape index (κ1) is 25.3. The lowest BCUT2D eigenvalue weighted by atomic mass is 10.1. The summed E-state index contributed by atoms with van der Waals surface area (Å²) in [5.41, 5.74) is 4.13. The number of hydrogen-bond acceptors (Lipinski definition) is 7. The molecule has 0 radical (unpaired) electrons. The lowest BCUT2D eigenvalue weighted by Gasteiger charge is -2.10. The van der Waals surface area contributed by atoms with E-state index in [1.165, 1.54) is 35.3 Å². The molecule has 0 saturated heterocycles. The van der Waals surface area contributed by atoms with E-state index in [0.29, 0.717) is 22.1 Å². The van der Waals surface area contributed by atoms with E-state index in [2.05, 4.69) is 15.4 Å². The Hall–Kier alpha value is -4.36. The number of fused-ring (bicyclic) bond motifs is 1. The SMILES string of the molecule is NC(=O)c1sc2nc(C(F)(F)F)cc(-c3ccco3)c2c1NC(=O)c1ccn(COc2ccccc2Cl)n1. The number of nitrogens with zero attached hydrogens (tertiary/aromatic N) is 3. The number of anilines is 1. The molecule has 38 heavy (non-hydrogen) atoms. The van der Waals surface area contributed by atoms with Crippen molar-refractivity contribution in [1.82, 2.24) is 14.8 Å². The summed E-state index contributed by atoms with van der Waals surface area (Å²) in [6.45, 7) is -0.0578. The van der Waals surface area contributed by atoms with Gasteiger partial charge in [-0.2, -0.15) is 18.3 Å². The molecule has 0 atom stereocenters. The summed E-state index contributed by atoms with van der Waals surface area (Å²) in [4.78, 5) is 28.6. The summed E-state index contributed by atoms with van der Waals surface area (Å²) in [5.74, 6) is -1.20. The van der Waals surface area contributed by atoms with E-state index >= 15 is 0 Å². The van der Waals surface area contributed by atoms with Crippen molar-refractivity contribution < 1.29 is 31.9 Å². The fourth-order valence-electron chi connectivity index (χ4n) is 3.59. The van der Waals surface area contributed by atoms with Crippen molar-refractivity contribution in [2.45, 2.75) is 12.9 Å². The quantitative estimate of drug-likeness (QED) is 0.258. The molecule has 0 spiro atoms. The predicted molar refractivity (Wildman–Crippen MR) is 133 cm³/mol. The van der Waals surface area contributed by atoms with Gasteiger partial charge in [0.15, 0.2) is 12.4 Å². The number of primary amides is 1. The standard InChI is InChI=1S/C24H15ClF3N5O4S/c25-13-4-1-2-5-16(13)37-11-33-8-7-14(32-33)22(35)31-19-18-12(15-6-3-9-36-15)10-17(24(26,27)28)30-23(18)38-20(19)21(29)34/h1-10H,11H2,(H2,29,34)(H,31,35). The molecule has 0 aliphatic carbocycles. The minimum atomic E-state index is -4.77. The first-order valence-electron chi connectivity index (χ1n) is 10.7. The number of hydrogen-bond donors (Lipinski definition) is 2. The van der Waals surface area contributed by atoms with Crippen molar-refractivity contribution in [2.24, 2.45) is 5.73 Å². The minimum absolute atomic E-state index is 0.0231. The van der Waals surface area contributed by atoms with Crippen LogP contribution in [0.25, 0.3) is 21.5 Å². The molecule has 4 aromatic heterocycles. The van der Waals surface area contributed by atoms with Crippen LogP contribution in [-0.2, 0) is 12.9 Å². The summed E-state index contributed by atoms with van der Waals surface area (Å²) >= 11 is 6.69. The number of nitrogens with two attached hydrogens (primary N) is 1. The third-order valence-corrected chi connectivity index (χ3v) is 6.67. The van der Waals surface area contributed by atoms with E-state index in [-0.39, 0.29) is 44.5 Å². The Labute approximate surface area is 220 Å². The van der Waals surface area contributed by atoms with E-state index in [1.807, 2.05) is 0 Å². The number of carbonyl (C=O) groups is 2. The maximum Gasteiger partial charge on any atom is 0.433 e. The molecule has 0 bridgehead atoms. The topological polar surface area (TPSA) is 125 Å². The van der Waals surface area contributed by atoms with Gasteiger partial charge >= 0.3 is 6.18 Å². The number of benzene rings is 1. The number of pyridine rings is 1. The van der Waals surface area contributed by atoms with E-state index in [9.17, 15) is 22.8 Å².